The van der Waals surface area contributed by atoms with Crippen LogP contribution in [-0.4, -0.2) is 30.0 Å². The van der Waals surface area contributed by atoms with Crippen molar-refractivity contribution in [3.63, 3.8) is 0 Å². The molecule has 0 aliphatic carbocycles. The number of nitro benzene ring substituents is 1. The first-order valence-corrected chi connectivity index (χ1v) is 7.81. The molecular weight excluding hydrogens is 396 g/mol. The summed E-state index contributed by atoms with van der Waals surface area (Å²) in [5.41, 5.74) is 0.0825. The Morgan fingerprint density at radius 2 is 1.84 bits per heavy atom. The van der Waals surface area contributed by atoms with Gasteiger partial charge in [0.05, 0.1) is 4.92 Å². The quantitative estimate of drug-likeness (QED) is 0.428. The lowest BCUT2D eigenvalue weighted by Crippen LogP contribution is -2.23. The van der Waals surface area contributed by atoms with Crippen LogP contribution in [0.4, 0.5) is 11.4 Å². The Morgan fingerprint density at radius 3 is 2.52 bits per heavy atom. The molecule has 0 aromatic heterocycles. The van der Waals surface area contributed by atoms with E-state index in [2.05, 4.69) is 21.2 Å². The number of amides is 1. The summed E-state index contributed by atoms with van der Waals surface area (Å²) in [6.45, 7) is -0.864. The maximum absolute atomic E-state index is 11.7. The number of carbonyl (C=O) groups excluding carboxylic acids is 2. The van der Waals surface area contributed by atoms with Gasteiger partial charge in [0, 0.05) is 22.3 Å². The Kier molecular flexibility index (Phi) is 6.47. The van der Waals surface area contributed by atoms with Crippen molar-refractivity contribution >= 4 is 39.2 Å². The van der Waals surface area contributed by atoms with Crippen LogP contribution in [0, 0.1) is 10.1 Å². The van der Waals surface area contributed by atoms with Crippen LogP contribution in [-0.2, 0) is 14.3 Å². The number of ether oxygens (including phenoxy) is 2. The summed E-state index contributed by atoms with van der Waals surface area (Å²) in [4.78, 5) is 33.4. The van der Waals surface area contributed by atoms with Crippen molar-refractivity contribution in [2.45, 2.75) is 0 Å². The van der Waals surface area contributed by atoms with E-state index in [1.165, 1.54) is 24.3 Å². The van der Waals surface area contributed by atoms with Crippen molar-refractivity contribution in [1.82, 2.24) is 0 Å². The molecule has 1 amide bonds. The monoisotopic (exact) mass is 408 g/mol. The number of nitrogens with zero attached hydrogens (tertiary/aromatic N) is 1. The van der Waals surface area contributed by atoms with Gasteiger partial charge in [-0.25, -0.2) is 4.79 Å². The second kappa shape index (κ2) is 8.78. The molecule has 0 unspecified atom stereocenters. The molecule has 2 aromatic carbocycles. The van der Waals surface area contributed by atoms with Crippen molar-refractivity contribution in [2.75, 3.05) is 18.5 Å². The molecule has 0 saturated carbocycles. The van der Waals surface area contributed by atoms with Crippen molar-refractivity contribution in [3.8, 4) is 5.75 Å². The molecule has 2 aromatic rings. The highest BCUT2D eigenvalue weighted by Crippen LogP contribution is 2.17. The molecule has 0 spiro atoms. The molecule has 25 heavy (non-hydrogen) atoms. The van der Waals surface area contributed by atoms with Gasteiger partial charge in [-0.15, -0.1) is 0 Å². The highest BCUT2D eigenvalue weighted by Gasteiger charge is 2.11. The van der Waals surface area contributed by atoms with Gasteiger partial charge in [-0.2, -0.15) is 0 Å². The molecule has 0 fully saturated rings. The summed E-state index contributed by atoms with van der Waals surface area (Å²) < 4.78 is 10.9. The Bertz CT molecular complexity index is 778. The minimum absolute atomic E-state index is 0.155. The summed E-state index contributed by atoms with van der Waals surface area (Å²) in [6, 6.07) is 12.3. The number of non-ortho nitro benzene ring substituents is 1. The smallest absolute Gasteiger partial charge is 0.344 e. The maximum atomic E-state index is 11.7. The van der Waals surface area contributed by atoms with Gasteiger partial charge < -0.3 is 14.8 Å². The molecule has 0 radical (unpaired) electrons. The number of anilines is 1. The lowest BCUT2D eigenvalue weighted by atomic mass is 10.3. The van der Waals surface area contributed by atoms with E-state index in [1.54, 1.807) is 24.3 Å². The largest absolute Gasteiger partial charge is 0.482 e. The second-order valence-electron chi connectivity index (χ2n) is 4.76. The average molecular weight is 409 g/mol. The molecule has 0 atom stereocenters. The molecule has 130 valence electrons. The van der Waals surface area contributed by atoms with Crippen molar-refractivity contribution in [2.24, 2.45) is 0 Å². The zero-order chi connectivity index (χ0) is 18.2. The number of hydrogen-bond donors (Lipinski definition) is 1. The number of carbonyl (C=O) groups is 2. The number of rotatable bonds is 7. The molecular formula is C16H13BrN2O6. The van der Waals surface area contributed by atoms with E-state index in [-0.39, 0.29) is 18.0 Å². The highest BCUT2D eigenvalue weighted by atomic mass is 79.9. The minimum atomic E-state index is -0.711. The van der Waals surface area contributed by atoms with Gasteiger partial charge in [0.15, 0.2) is 13.2 Å². The molecule has 9 heteroatoms. The number of nitro groups is 1. The minimum Gasteiger partial charge on any atom is -0.482 e. The van der Waals surface area contributed by atoms with E-state index in [9.17, 15) is 19.7 Å². The molecule has 8 nitrogen and oxygen atoms in total. The van der Waals surface area contributed by atoms with E-state index >= 15 is 0 Å². The number of nitrogens with one attached hydrogen (secondary N) is 1. The Balaban J connectivity index is 1.75. The third kappa shape index (κ3) is 6.22. The van der Waals surface area contributed by atoms with Crippen molar-refractivity contribution in [3.05, 3.63) is 63.1 Å². The first-order valence-electron chi connectivity index (χ1n) is 7.02. The molecule has 0 heterocycles. The van der Waals surface area contributed by atoms with Gasteiger partial charge in [0.2, 0.25) is 0 Å². The lowest BCUT2D eigenvalue weighted by Gasteiger charge is -2.08. The summed E-state index contributed by atoms with van der Waals surface area (Å²) >= 11 is 3.28. The van der Waals surface area contributed by atoms with Crippen LogP contribution in [0.1, 0.15) is 0 Å². The maximum Gasteiger partial charge on any atom is 0.344 e. The summed E-state index contributed by atoms with van der Waals surface area (Å²) in [5.74, 6) is -0.837. The normalized spacial score (nSPS) is 9.96. The molecule has 1 N–H and O–H groups in total. The standard InChI is InChI=1S/C16H13BrN2O6/c17-11-4-6-14(7-5-11)24-10-16(21)25-9-15(20)18-12-2-1-3-13(8-12)19(22)23/h1-8H,9-10H2,(H,18,20). The second-order valence-corrected chi connectivity index (χ2v) is 5.67. The SMILES string of the molecule is O=C(COC(=O)COc1ccc(Br)cc1)Nc1cccc([N+](=O)[O-])c1. The predicted molar refractivity (Wildman–Crippen MR) is 92.3 cm³/mol. The molecule has 0 aliphatic heterocycles. The first kappa shape index (κ1) is 18.4. The number of benzene rings is 2. The van der Waals surface area contributed by atoms with Crippen molar-refractivity contribution < 1.29 is 24.0 Å². The fraction of sp³-hybridized carbons (Fsp3) is 0.125. The van der Waals surface area contributed by atoms with E-state index in [0.717, 1.165) is 4.47 Å². The topological polar surface area (TPSA) is 108 Å². The van der Waals surface area contributed by atoms with E-state index in [0.29, 0.717) is 5.75 Å². The van der Waals surface area contributed by atoms with Gasteiger partial charge in [-0.3, -0.25) is 14.9 Å². The van der Waals surface area contributed by atoms with Gasteiger partial charge >= 0.3 is 5.97 Å². The molecule has 0 saturated heterocycles. The van der Waals surface area contributed by atoms with Crippen LogP contribution in [0.3, 0.4) is 0 Å². The highest BCUT2D eigenvalue weighted by molar-refractivity contribution is 9.10. The lowest BCUT2D eigenvalue weighted by molar-refractivity contribution is -0.384. The van der Waals surface area contributed by atoms with Crippen LogP contribution >= 0.6 is 15.9 Å². The predicted octanol–water partition coefficient (Wildman–Crippen LogP) is 2.92. The third-order valence-corrected chi connectivity index (χ3v) is 3.40. The van der Waals surface area contributed by atoms with Gasteiger partial charge in [-0.05, 0) is 30.3 Å². The molecule has 2 rings (SSSR count). The summed E-state index contributed by atoms with van der Waals surface area (Å²) in [6.07, 6.45) is 0. The average Bonchev–Trinajstić information content (AvgIpc) is 2.59. The van der Waals surface area contributed by atoms with Crippen molar-refractivity contribution in [1.29, 1.82) is 0 Å². The van der Waals surface area contributed by atoms with E-state index < -0.39 is 23.4 Å². The van der Waals surface area contributed by atoms with E-state index in [1.807, 2.05) is 0 Å². The van der Waals surface area contributed by atoms with E-state index in [4.69, 9.17) is 9.47 Å². The number of halogens is 1. The Labute approximate surface area is 151 Å². The number of hydrogen-bond acceptors (Lipinski definition) is 6. The van der Waals surface area contributed by atoms with Crippen LogP contribution in [0.2, 0.25) is 0 Å². The fourth-order valence-electron chi connectivity index (χ4n) is 1.76. The van der Waals surface area contributed by atoms with Gasteiger partial charge in [0.1, 0.15) is 5.75 Å². The van der Waals surface area contributed by atoms with Crippen LogP contribution in [0.5, 0.6) is 5.75 Å². The van der Waals surface area contributed by atoms with Crippen LogP contribution in [0.25, 0.3) is 0 Å². The van der Waals surface area contributed by atoms with Gasteiger partial charge in [0.25, 0.3) is 11.6 Å². The Morgan fingerprint density at radius 1 is 1.12 bits per heavy atom. The zero-order valence-electron chi connectivity index (χ0n) is 12.8. The third-order valence-electron chi connectivity index (χ3n) is 2.88. The molecule has 0 aliphatic rings. The summed E-state index contributed by atoms with van der Waals surface area (Å²) in [5, 5.41) is 13.1. The first-order chi connectivity index (χ1) is 11.9. The van der Waals surface area contributed by atoms with Crippen LogP contribution < -0.4 is 10.1 Å². The van der Waals surface area contributed by atoms with Crippen LogP contribution in [0.15, 0.2) is 53.0 Å². The summed E-state index contributed by atoms with van der Waals surface area (Å²) in [7, 11) is 0. The zero-order valence-corrected chi connectivity index (χ0v) is 14.4. The van der Waals surface area contributed by atoms with Gasteiger partial charge in [-0.1, -0.05) is 22.0 Å². The number of esters is 1. The Hall–Kier alpha value is -2.94. The fourth-order valence-corrected chi connectivity index (χ4v) is 2.02. The molecule has 0 bridgehead atoms.